The summed E-state index contributed by atoms with van der Waals surface area (Å²) in [5, 5.41) is 6.38. The number of nitrogens with two attached hydrogens (primary N) is 1. The third kappa shape index (κ3) is 3.48. The van der Waals surface area contributed by atoms with Crippen LogP contribution in [0.4, 0.5) is 5.82 Å². The minimum atomic E-state index is -3.79. The van der Waals surface area contributed by atoms with Gasteiger partial charge >= 0.3 is 0 Å². The Bertz CT molecular complexity index is 591. The zero-order valence-corrected chi connectivity index (χ0v) is 12.9. The lowest BCUT2D eigenvalue weighted by Gasteiger charge is -2.22. The molecule has 0 aliphatic heterocycles. The predicted molar refractivity (Wildman–Crippen MR) is 75.3 cm³/mol. The van der Waals surface area contributed by atoms with Gasteiger partial charge in [-0.3, -0.25) is 9.48 Å². The number of amides is 1. The van der Waals surface area contributed by atoms with Crippen molar-refractivity contribution in [1.82, 2.24) is 19.8 Å². The number of nitrogens with one attached hydrogen (secondary N) is 2. The van der Waals surface area contributed by atoms with Gasteiger partial charge in [0.2, 0.25) is 15.9 Å². The largest absolute Gasteiger partial charge is 0.381 e. The number of rotatable bonds is 6. The van der Waals surface area contributed by atoms with Crippen LogP contribution in [-0.4, -0.2) is 37.7 Å². The van der Waals surface area contributed by atoms with Gasteiger partial charge in [-0.25, -0.2) is 13.1 Å². The van der Waals surface area contributed by atoms with Crippen molar-refractivity contribution < 1.29 is 13.2 Å². The second kappa shape index (κ2) is 5.80. The monoisotopic (exact) mass is 303 g/mol. The molecule has 0 unspecified atom stereocenters. The van der Waals surface area contributed by atoms with Crippen LogP contribution < -0.4 is 15.8 Å². The smallest absolute Gasteiger partial charge is 0.245 e. The van der Waals surface area contributed by atoms with E-state index in [1.165, 1.54) is 17.9 Å². The van der Waals surface area contributed by atoms with Gasteiger partial charge in [-0.1, -0.05) is 0 Å². The number of carbonyl (C=O) groups is 1. The van der Waals surface area contributed by atoms with Crippen LogP contribution in [0, 0.1) is 5.41 Å². The molecule has 1 heterocycles. The molecule has 114 valence electrons. The molecule has 4 N–H and O–H groups in total. The molecule has 0 spiro atoms. The van der Waals surface area contributed by atoms with Crippen molar-refractivity contribution in [3.8, 4) is 0 Å². The van der Waals surface area contributed by atoms with Gasteiger partial charge in [0.15, 0.2) is 5.82 Å². The number of hydrogen-bond donors (Lipinski definition) is 3. The molecule has 0 aromatic carbocycles. The highest BCUT2D eigenvalue weighted by Crippen LogP contribution is 2.19. The van der Waals surface area contributed by atoms with E-state index >= 15 is 0 Å². The molecular formula is C11H21N5O3S. The summed E-state index contributed by atoms with van der Waals surface area (Å²) < 4.78 is 28.2. The van der Waals surface area contributed by atoms with E-state index in [-0.39, 0.29) is 23.2 Å². The molecule has 0 saturated carbocycles. The number of hydrogen-bond acceptors (Lipinski definition) is 5. The maximum absolute atomic E-state index is 12.2. The summed E-state index contributed by atoms with van der Waals surface area (Å²) >= 11 is 0. The Morgan fingerprint density at radius 1 is 1.50 bits per heavy atom. The molecule has 0 aliphatic carbocycles. The highest BCUT2D eigenvalue weighted by molar-refractivity contribution is 7.89. The van der Waals surface area contributed by atoms with Crippen molar-refractivity contribution >= 4 is 21.7 Å². The third-order valence-corrected chi connectivity index (χ3v) is 4.33. The van der Waals surface area contributed by atoms with Crippen LogP contribution in [0.1, 0.15) is 20.8 Å². The SMILES string of the molecule is CCn1cc(S(=O)(=O)NCC(C)(C)C(=O)NC)c(N)n1. The van der Waals surface area contributed by atoms with E-state index < -0.39 is 15.4 Å². The van der Waals surface area contributed by atoms with Gasteiger partial charge in [0, 0.05) is 26.3 Å². The topological polar surface area (TPSA) is 119 Å². The minimum Gasteiger partial charge on any atom is -0.381 e. The fraction of sp³-hybridized carbons (Fsp3) is 0.636. The number of carbonyl (C=O) groups excluding carboxylic acids is 1. The molecule has 1 aromatic rings. The average Bonchev–Trinajstić information content (AvgIpc) is 2.77. The van der Waals surface area contributed by atoms with Crippen LogP contribution in [0.2, 0.25) is 0 Å². The summed E-state index contributed by atoms with van der Waals surface area (Å²) in [6, 6.07) is 0. The number of aromatic nitrogens is 2. The van der Waals surface area contributed by atoms with Crippen LogP contribution in [0.15, 0.2) is 11.1 Å². The first-order valence-electron chi connectivity index (χ1n) is 6.19. The van der Waals surface area contributed by atoms with Crippen molar-refractivity contribution in [2.24, 2.45) is 5.41 Å². The van der Waals surface area contributed by atoms with Gasteiger partial charge in [0.05, 0.1) is 5.41 Å². The maximum atomic E-state index is 12.2. The van der Waals surface area contributed by atoms with Crippen molar-refractivity contribution in [3.63, 3.8) is 0 Å². The van der Waals surface area contributed by atoms with Crippen molar-refractivity contribution in [2.45, 2.75) is 32.2 Å². The van der Waals surface area contributed by atoms with Crippen LogP contribution in [-0.2, 0) is 21.4 Å². The Morgan fingerprint density at radius 3 is 2.55 bits per heavy atom. The molecule has 0 aliphatic rings. The summed E-state index contributed by atoms with van der Waals surface area (Å²) in [7, 11) is -2.29. The maximum Gasteiger partial charge on any atom is 0.245 e. The first kappa shape index (κ1) is 16.4. The lowest BCUT2D eigenvalue weighted by Crippen LogP contribution is -2.43. The normalized spacial score (nSPS) is 12.4. The molecule has 1 aromatic heterocycles. The Kier molecular flexibility index (Phi) is 4.77. The van der Waals surface area contributed by atoms with E-state index in [2.05, 4.69) is 15.1 Å². The van der Waals surface area contributed by atoms with Crippen molar-refractivity contribution in [3.05, 3.63) is 6.20 Å². The number of nitrogens with zero attached hydrogens (tertiary/aromatic N) is 2. The number of sulfonamides is 1. The second-order valence-corrected chi connectivity index (χ2v) is 6.76. The average molecular weight is 303 g/mol. The molecule has 0 saturated heterocycles. The van der Waals surface area contributed by atoms with E-state index in [0.29, 0.717) is 6.54 Å². The molecule has 0 bridgehead atoms. The first-order chi connectivity index (χ1) is 9.14. The van der Waals surface area contributed by atoms with Crippen molar-refractivity contribution in [2.75, 3.05) is 19.3 Å². The van der Waals surface area contributed by atoms with Crippen LogP contribution >= 0.6 is 0 Å². The lowest BCUT2D eigenvalue weighted by atomic mass is 9.93. The number of nitrogen functional groups attached to an aromatic ring is 1. The zero-order chi connectivity index (χ0) is 15.6. The first-order valence-corrected chi connectivity index (χ1v) is 7.67. The van der Waals surface area contributed by atoms with Crippen LogP contribution in [0.3, 0.4) is 0 Å². The van der Waals surface area contributed by atoms with Gasteiger partial charge in [-0.2, -0.15) is 5.10 Å². The van der Waals surface area contributed by atoms with Gasteiger partial charge < -0.3 is 11.1 Å². The molecule has 0 radical (unpaired) electrons. The van der Waals surface area contributed by atoms with Crippen LogP contribution in [0.5, 0.6) is 0 Å². The Labute approximate surface area is 118 Å². The highest BCUT2D eigenvalue weighted by Gasteiger charge is 2.30. The van der Waals surface area contributed by atoms with Gasteiger partial charge in [0.1, 0.15) is 4.90 Å². The minimum absolute atomic E-state index is 0.0360. The van der Waals surface area contributed by atoms with E-state index in [1.54, 1.807) is 13.8 Å². The summed E-state index contributed by atoms with van der Waals surface area (Å²) in [6.45, 7) is 5.60. The molecule has 1 amide bonds. The molecule has 9 heteroatoms. The summed E-state index contributed by atoms with van der Waals surface area (Å²) in [5.41, 5.74) is 4.73. The summed E-state index contributed by atoms with van der Waals surface area (Å²) in [5.74, 6) is -0.311. The fourth-order valence-electron chi connectivity index (χ4n) is 1.56. The summed E-state index contributed by atoms with van der Waals surface area (Å²) in [6.07, 6.45) is 1.37. The van der Waals surface area contributed by atoms with E-state index in [4.69, 9.17) is 5.73 Å². The fourth-order valence-corrected chi connectivity index (χ4v) is 2.84. The lowest BCUT2D eigenvalue weighted by molar-refractivity contribution is -0.128. The van der Waals surface area contributed by atoms with E-state index in [0.717, 1.165) is 0 Å². The Morgan fingerprint density at radius 2 is 2.10 bits per heavy atom. The van der Waals surface area contributed by atoms with Gasteiger partial charge in [-0.15, -0.1) is 0 Å². The summed E-state index contributed by atoms with van der Waals surface area (Å²) in [4.78, 5) is 11.5. The van der Waals surface area contributed by atoms with Crippen LogP contribution in [0.25, 0.3) is 0 Å². The molecule has 20 heavy (non-hydrogen) atoms. The Balaban J connectivity index is 2.90. The third-order valence-electron chi connectivity index (χ3n) is 2.91. The molecular weight excluding hydrogens is 282 g/mol. The number of aryl methyl sites for hydroxylation is 1. The van der Waals surface area contributed by atoms with Gasteiger partial charge in [-0.05, 0) is 20.8 Å². The zero-order valence-electron chi connectivity index (χ0n) is 12.1. The molecule has 8 nitrogen and oxygen atoms in total. The molecule has 0 fully saturated rings. The van der Waals surface area contributed by atoms with E-state index in [1.807, 2.05) is 6.92 Å². The second-order valence-electron chi connectivity index (χ2n) is 5.02. The van der Waals surface area contributed by atoms with E-state index in [9.17, 15) is 13.2 Å². The highest BCUT2D eigenvalue weighted by atomic mass is 32.2. The number of anilines is 1. The standard InChI is InChI=1S/C11H21N5O3S/c1-5-16-6-8(9(12)15-16)20(18,19)14-7-11(2,3)10(17)13-4/h6,14H,5,7H2,1-4H3,(H2,12,15)(H,13,17). The van der Waals surface area contributed by atoms with Crippen molar-refractivity contribution in [1.29, 1.82) is 0 Å². The quantitative estimate of drug-likeness (QED) is 0.656. The molecule has 1 rings (SSSR count). The van der Waals surface area contributed by atoms with Gasteiger partial charge in [0.25, 0.3) is 0 Å². The molecule has 0 atom stereocenters. The predicted octanol–water partition coefficient (Wildman–Crippen LogP) is -0.464. The Hall–Kier alpha value is -1.61.